The molecule has 112 valence electrons. The molecule has 0 saturated carbocycles. The first-order valence-corrected chi connectivity index (χ1v) is 8.23. The molecule has 1 amide bonds. The van der Waals surface area contributed by atoms with Crippen LogP contribution in [0.25, 0.3) is 0 Å². The predicted octanol–water partition coefficient (Wildman–Crippen LogP) is 0.509. The van der Waals surface area contributed by atoms with Gasteiger partial charge in [0.15, 0.2) is 9.84 Å². The van der Waals surface area contributed by atoms with Gasteiger partial charge in [-0.1, -0.05) is 11.8 Å². The number of nitrogens with one attached hydrogen (secondary N) is 1. The molecule has 21 heavy (non-hydrogen) atoms. The van der Waals surface area contributed by atoms with E-state index in [1.807, 2.05) is 0 Å². The molecule has 1 atom stereocenters. The molecule has 2 rings (SSSR count). The lowest BCUT2D eigenvalue weighted by atomic mass is 10.1. The number of carbonyl (C=O) groups is 1. The van der Waals surface area contributed by atoms with E-state index in [9.17, 15) is 17.6 Å². The zero-order chi connectivity index (χ0) is 15.5. The summed E-state index contributed by atoms with van der Waals surface area (Å²) in [5, 5.41) is 2.53. The van der Waals surface area contributed by atoms with E-state index in [1.54, 1.807) is 0 Å². The normalized spacial score (nSPS) is 19.6. The van der Waals surface area contributed by atoms with Crippen LogP contribution in [0.15, 0.2) is 18.2 Å². The standard InChI is InChI=1S/C14H15FN2O3S/c15-13-8-12(4-3-10(13)2-1-6-16)17-14(18)11-5-7-21(19,20)9-11/h3-4,8,11H,5-7,9,16H2,(H,17,18). The number of anilines is 1. The minimum absolute atomic E-state index is 0.0209. The largest absolute Gasteiger partial charge is 0.326 e. The summed E-state index contributed by atoms with van der Waals surface area (Å²) >= 11 is 0. The lowest BCUT2D eigenvalue weighted by Gasteiger charge is -2.09. The number of benzene rings is 1. The number of amides is 1. The number of hydrogen-bond donors (Lipinski definition) is 2. The fourth-order valence-electron chi connectivity index (χ4n) is 2.09. The van der Waals surface area contributed by atoms with Crippen LogP contribution in [-0.2, 0) is 14.6 Å². The van der Waals surface area contributed by atoms with Crippen LogP contribution in [0.3, 0.4) is 0 Å². The van der Waals surface area contributed by atoms with Crippen molar-refractivity contribution >= 4 is 21.4 Å². The lowest BCUT2D eigenvalue weighted by molar-refractivity contribution is -0.119. The second-order valence-electron chi connectivity index (χ2n) is 4.79. The molecular weight excluding hydrogens is 295 g/mol. The van der Waals surface area contributed by atoms with E-state index in [1.165, 1.54) is 12.1 Å². The van der Waals surface area contributed by atoms with Crippen LogP contribution in [0.1, 0.15) is 12.0 Å². The maximum Gasteiger partial charge on any atom is 0.228 e. The monoisotopic (exact) mass is 310 g/mol. The Bertz CT molecular complexity index is 719. The second kappa shape index (κ2) is 6.24. The van der Waals surface area contributed by atoms with Crippen LogP contribution in [-0.4, -0.2) is 32.4 Å². The molecule has 1 aromatic rings. The van der Waals surface area contributed by atoms with Gasteiger partial charge in [-0.05, 0) is 24.6 Å². The third kappa shape index (κ3) is 4.03. The van der Waals surface area contributed by atoms with Crippen LogP contribution < -0.4 is 11.1 Å². The van der Waals surface area contributed by atoms with Gasteiger partial charge in [0.2, 0.25) is 5.91 Å². The topological polar surface area (TPSA) is 89.3 Å². The molecule has 1 aromatic carbocycles. The third-order valence-electron chi connectivity index (χ3n) is 3.16. The van der Waals surface area contributed by atoms with Crippen LogP contribution in [0.2, 0.25) is 0 Å². The van der Waals surface area contributed by atoms with E-state index >= 15 is 0 Å². The van der Waals surface area contributed by atoms with Crippen LogP contribution >= 0.6 is 0 Å². The fraction of sp³-hybridized carbons (Fsp3) is 0.357. The van der Waals surface area contributed by atoms with E-state index in [0.29, 0.717) is 6.42 Å². The van der Waals surface area contributed by atoms with E-state index in [2.05, 4.69) is 17.2 Å². The first-order chi connectivity index (χ1) is 9.91. The van der Waals surface area contributed by atoms with Gasteiger partial charge in [0.05, 0.1) is 29.5 Å². The van der Waals surface area contributed by atoms with Crippen molar-refractivity contribution in [2.45, 2.75) is 6.42 Å². The van der Waals surface area contributed by atoms with Gasteiger partial charge < -0.3 is 11.1 Å². The zero-order valence-corrected chi connectivity index (χ0v) is 12.0. The molecule has 0 spiro atoms. The number of nitrogens with two attached hydrogens (primary N) is 1. The third-order valence-corrected chi connectivity index (χ3v) is 4.93. The average molecular weight is 310 g/mol. The second-order valence-corrected chi connectivity index (χ2v) is 7.02. The van der Waals surface area contributed by atoms with E-state index in [0.717, 1.165) is 6.07 Å². The summed E-state index contributed by atoms with van der Waals surface area (Å²) in [7, 11) is -3.12. The van der Waals surface area contributed by atoms with Crippen molar-refractivity contribution in [2.75, 3.05) is 23.4 Å². The van der Waals surface area contributed by atoms with Crippen molar-refractivity contribution in [3.05, 3.63) is 29.6 Å². The summed E-state index contributed by atoms with van der Waals surface area (Å²) < 4.78 is 36.4. The molecule has 0 bridgehead atoms. The Morgan fingerprint density at radius 2 is 2.24 bits per heavy atom. The number of sulfone groups is 1. The molecule has 3 N–H and O–H groups in total. The van der Waals surface area contributed by atoms with Gasteiger partial charge in [-0.25, -0.2) is 12.8 Å². The molecule has 1 saturated heterocycles. The van der Waals surface area contributed by atoms with Crippen molar-refractivity contribution in [1.82, 2.24) is 0 Å². The summed E-state index contributed by atoms with van der Waals surface area (Å²) in [4.78, 5) is 11.9. The first kappa shape index (κ1) is 15.5. The summed E-state index contributed by atoms with van der Waals surface area (Å²) in [6.07, 6.45) is 0.302. The minimum Gasteiger partial charge on any atom is -0.326 e. The number of carbonyl (C=O) groups excluding carboxylic acids is 1. The van der Waals surface area contributed by atoms with Gasteiger partial charge in [-0.3, -0.25) is 4.79 Å². The number of halogens is 1. The van der Waals surface area contributed by atoms with Crippen molar-refractivity contribution < 1.29 is 17.6 Å². The highest BCUT2D eigenvalue weighted by molar-refractivity contribution is 7.91. The molecule has 1 heterocycles. The lowest BCUT2D eigenvalue weighted by Crippen LogP contribution is -2.23. The van der Waals surface area contributed by atoms with Crippen molar-refractivity contribution in [3.63, 3.8) is 0 Å². The molecule has 0 radical (unpaired) electrons. The molecule has 1 unspecified atom stereocenters. The van der Waals surface area contributed by atoms with Gasteiger partial charge in [-0.15, -0.1) is 0 Å². The molecule has 1 fully saturated rings. The summed E-state index contributed by atoms with van der Waals surface area (Å²) in [6, 6.07) is 4.12. The highest BCUT2D eigenvalue weighted by Crippen LogP contribution is 2.21. The molecule has 0 aliphatic carbocycles. The Morgan fingerprint density at radius 1 is 1.48 bits per heavy atom. The van der Waals surface area contributed by atoms with Crippen molar-refractivity contribution in [3.8, 4) is 11.8 Å². The van der Waals surface area contributed by atoms with Gasteiger partial charge in [-0.2, -0.15) is 0 Å². The molecule has 1 aliphatic rings. The fourth-order valence-corrected chi connectivity index (χ4v) is 3.83. The highest BCUT2D eigenvalue weighted by Gasteiger charge is 2.32. The molecule has 7 heteroatoms. The first-order valence-electron chi connectivity index (χ1n) is 6.41. The predicted molar refractivity (Wildman–Crippen MR) is 77.7 cm³/mol. The molecular formula is C14H15FN2O3S. The smallest absolute Gasteiger partial charge is 0.228 e. The van der Waals surface area contributed by atoms with Gasteiger partial charge in [0, 0.05) is 5.69 Å². The van der Waals surface area contributed by atoms with Crippen LogP contribution in [0.5, 0.6) is 0 Å². The molecule has 1 aliphatic heterocycles. The average Bonchev–Trinajstić information content (AvgIpc) is 2.78. The summed E-state index contributed by atoms with van der Waals surface area (Å²) in [6.45, 7) is 0.133. The molecule has 0 aromatic heterocycles. The Hall–Kier alpha value is -1.91. The zero-order valence-electron chi connectivity index (χ0n) is 11.2. The Labute approximate surface area is 122 Å². The van der Waals surface area contributed by atoms with Crippen LogP contribution in [0.4, 0.5) is 10.1 Å². The highest BCUT2D eigenvalue weighted by atomic mass is 32.2. The van der Waals surface area contributed by atoms with E-state index in [-0.39, 0.29) is 29.3 Å². The number of rotatable bonds is 2. The van der Waals surface area contributed by atoms with Gasteiger partial charge in [0.25, 0.3) is 0 Å². The maximum absolute atomic E-state index is 13.7. The Morgan fingerprint density at radius 3 is 2.81 bits per heavy atom. The van der Waals surface area contributed by atoms with Gasteiger partial charge in [0.1, 0.15) is 5.82 Å². The summed E-state index contributed by atoms with van der Waals surface area (Å²) in [5.74, 6) is 3.45. The summed E-state index contributed by atoms with van der Waals surface area (Å²) in [5.41, 5.74) is 5.69. The van der Waals surface area contributed by atoms with Crippen molar-refractivity contribution in [1.29, 1.82) is 0 Å². The van der Waals surface area contributed by atoms with E-state index < -0.39 is 27.5 Å². The number of hydrogen-bond acceptors (Lipinski definition) is 4. The van der Waals surface area contributed by atoms with Crippen molar-refractivity contribution in [2.24, 2.45) is 11.7 Å². The Kier molecular flexibility index (Phi) is 4.60. The van der Waals surface area contributed by atoms with E-state index in [4.69, 9.17) is 5.73 Å². The Balaban J connectivity index is 2.07. The van der Waals surface area contributed by atoms with Crippen LogP contribution in [0, 0.1) is 23.6 Å². The maximum atomic E-state index is 13.7. The quantitative estimate of drug-likeness (QED) is 0.779. The van der Waals surface area contributed by atoms with Gasteiger partial charge >= 0.3 is 0 Å². The SMILES string of the molecule is NCC#Cc1ccc(NC(=O)C2CCS(=O)(=O)C2)cc1F. The molecule has 5 nitrogen and oxygen atoms in total. The minimum atomic E-state index is -3.12.